The minimum atomic E-state index is 0.464. The smallest absolute Gasteiger partial charge is 0.175 e. The molecular weight excluding hydrogens is 294 g/mol. The van der Waals surface area contributed by atoms with Gasteiger partial charge in [-0.1, -0.05) is 35.5 Å². The molecule has 0 atom stereocenters. The van der Waals surface area contributed by atoms with Crippen molar-refractivity contribution in [1.29, 1.82) is 0 Å². The largest absolute Gasteiger partial charge is 0.497 e. The molecule has 0 amide bonds. The third kappa shape index (κ3) is 2.23. The van der Waals surface area contributed by atoms with Crippen LogP contribution in [0.4, 0.5) is 0 Å². The second-order valence-corrected chi connectivity index (χ2v) is 5.31. The summed E-state index contributed by atoms with van der Waals surface area (Å²) < 4.78 is 7.19. The van der Waals surface area contributed by atoms with E-state index >= 15 is 0 Å². The zero-order chi connectivity index (χ0) is 14.1. The number of methoxy groups -OCH3 is 1. The van der Waals surface area contributed by atoms with Crippen molar-refractivity contribution in [2.24, 2.45) is 0 Å². The van der Waals surface area contributed by atoms with Gasteiger partial charge in [-0.2, -0.15) is 0 Å². The number of benzene rings is 1. The van der Waals surface area contributed by atoms with Gasteiger partial charge in [-0.3, -0.25) is 4.40 Å². The van der Waals surface area contributed by atoms with Crippen molar-refractivity contribution in [2.75, 3.05) is 13.4 Å². The van der Waals surface area contributed by atoms with Crippen LogP contribution in [-0.4, -0.2) is 27.7 Å². The molecule has 0 spiro atoms. The van der Waals surface area contributed by atoms with E-state index in [2.05, 4.69) is 9.97 Å². The van der Waals surface area contributed by atoms with Gasteiger partial charge < -0.3 is 4.74 Å². The van der Waals surface area contributed by atoms with Crippen LogP contribution in [0, 0.1) is 0 Å². The number of ether oxygens (including phenoxy) is 1. The monoisotopic (exact) mass is 305 g/mol. The van der Waals surface area contributed by atoms with Crippen LogP contribution in [0.1, 0.15) is 0 Å². The summed E-state index contributed by atoms with van der Waals surface area (Å²) in [5, 5.41) is 1.28. The maximum absolute atomic E-state index is 6.09. The van der Waals surface area contributed by atoms with Crippen molar-refractivity contribution < 1.29 is 4.74 Å². The van der Waals surface area contributed by atoms with Crippen LogP contribution in [-0.2, 0) is 0 Å². The number of hydrogen-bond acceptors (Lipinski definition) is 4. The molecule has 20 heavy (non-hydrogen) atoms. The van der Waals surface area contributed by atoms with Crippen molar-refractivity contribution in [3.63, 3.8) is 0 Å². The lowest BCUT2D eigenvalue weighted by molar-refractivity contribution is 0.415. The van der Waals surface area contributed by atoms with E-state index in [1.807, 2.05) is 41.0 Å². The van der Waals surface area contributed by atoms with Gasteiger partial charge in [0.2, 0.25) is 0 Å². The average molecular weight is 306 g/mol. The Balaban J connectivity index is 2.23. The first kappa shape index (κ1) is 13.3. The van der Waals surface area contributed by atoms with Crippen LogP contribution >= 0.6 is 23.4 Å². The molecule has 2 aromatic heterocycles. The molecule has 0 bridgehead atoms. The van der Waals surface area contributed by atoms with E-state index in [1.165, 1.54) is 11.8 Å². The second kappa shape index (κ2) is 5.34. The molecule has 0 radical (unpaired) electrons. The second-order valence-electron chi connectivity index (χ2n) is 4.15. The number of halogens is 1. The zero-order valence-electron chi connectivity index (χ0n) is 11.0. The lowest BCUT2D eigenvalue weighted by Gasteiger charge is -2.05. The molecule has 3 aromatic rings. The Hall–Kier alpha value is -1.72. The van der Waals surface area contributed by atoms with E-state index < -0.39 is 0 Å². The lowest BCUT2D eigenvalue weighted by atomic mass is 10.1. The normalized spacial score (nSPS) is 10.9. The number of aromatic nitrogens is 3. The van der Waals surface area contributed by atoms with Gasteiger partial charge in [0.05, 0.1) is 18.3 Å². The fraction of sp³-hybridized carbons (Fsp3) is 0.143. The summed E-state index contributed by atoms with van der Waals surface area (Å²) in [7, 11) is 1.65. The molecule has 4 nitrogen and oxygen atoms in total. The van der Waals surface area contributed by atoms with E-state index in [9.17, 15) is 0 Å². The summed E-state index contributed by atoms with van der Waals surface area (Å²) in [5.74, 6) is 0.800. The fourth-order valence-electron chi connectivity index (χ4n) is 2.08. The van der Waals surface area contributed by atoms with Crippen LogP contribution in [0.25, 0.3) is 16.8 Å². The number of imidazole rings is 1. The Morgan fingerprint density at radius 2 is 2.15 bits per heavy atom. The van der Waals surface area contributed by atoms with E-state index in [-0.39, 0.29) is 0 Å². The average Bonchev–Trinajstić information content (AvgIpc) is 2.90. The third-order valence-corrected chi connectivity index (χ3v) is 3.84. The highest BCUT2D eigenvalue weighted by molar-refractivity contribution is 7.98. The van der Waals surface area contributed by atoms with Crippen LogP contribution in [0.5, 0.6) is 5.75 Å². The van der Waals surface area contributed by atoms with Crippen molar-refractivity contribution in [1.82, 2.24) is 14.4 Å². The molecule has 6 heteroatoms. The predicted octanol–water partition coefficient (Wildman–Crippen LogP) is 3.78. The van der Waals surface area contributed by atoms with Crippen molar-refractivity contribution >= 4 is 28.9 Å². The molecule has 0 N–H and O–H groups in total. The molecule has 0 saturated heterocycles. The summed E-state index contributed by atoms with van der Waals surface area (Å²) in [5.41, 5.74) is 2.78. The zero-order valence-corrected chi connectivity index (χ0v) is 12.6. The first-order chi connectivity index (χ1) is 9.72. The topological polar surface area (TPSA) is 39.4 Å². The molecule has 0 aliphatic heterocycles. The van der Waals surface area contributed by atoms with Gasteiger partial charge in [0.25, 0.3) is 0 Å². The van der Waals surface area contributed by atoms with Gasteiger partial charge in [-0.25, -0.2) is 9.97 Å². The van der Waals surface area contributed by atoms with Crippen LogP contribution in [0.2, 0.25) is 5.15 Å². The molecule has 0 aliphatic rings. The highest BCUT2D eigenvalue weighted by atomic mass is 35.5. The maximum atomic E-state index is 6.09. The minimum absolute atomic E-state index is 0.464. The van der Waals surface area contributed by atoms with Gasteiger partial charge >= 0.3 is 0 Å². The summed E-state index contributed by atoms with van der Waals surface area (Å²) in [6, 6.07) is 9.62. The summed E-state index contributed by atoms with van der Waals surface area (Å²) in [4.78, 5) is 8.77. The molecule has 0 saturated carbocycles. The molecule has 0 fully saturated rings. The Kier molecular flexibility index (Phi) is 3.54. The molecule has 3 rings (SSSR count). The number of rotatable bonds is 3. The van der Waals surface area contributed by atoms with E-state index in [4.69, 9.17) is 16.3 Å². The Bertz CT molecular complexity index is 772. The highest BCUT2D eigenvalue weighted by Gasteiger charge is 2.12. The van der Waals surface area contributed by atoms with Crippen molar-refractivity contribution in [3.8, 4) is 17.0 Å². The van der Waals surface area contributed by atoms with Gasteiger partial charge in [-0.15, -0.1) is 0 Å². The molecule has 0 aliphatic carbocycles. The van der Waals surface area contributed by atoms with Gasteiger partial charge in [-0.05, 0) is 18.4 Å². The van der Waals surface area contributed by atoms with E-state index in [0.29, 0.717) is 5.15 Å². The number of nitrogens with zero attached hydrogens (tertiary/aromatic N) is 3. The van der Waals surface area contributed by atoms with Gasteiger partial charge in [0.15, 0.2) is 5.16 Å². The number of fused-ring (bicyclic) bond motifs is 1. The standard InChI is InChI=1S/C14H12ClN3OS/c1-19-10-5-3-4-9(6-10)13-11-7-12(15)17-14(20-2)18(11)8-16-13/h3-8H,1-2H3. The minimum Gasteiger partial charge on any atom is -0.497 e. The van der Waals surface area contributed by atoms with Gasteiger partial charge in [0, 0.05) is 11.6 Å². The van der Waals surface area contributed by atoms with E-state index in [1.54, 1.807) is 13.4 Å². The number of thioether (sulfide) groups is 1. The van der Waals surface area contributed by atoms with E-state index in [0.717, 1.165) is 27.7 Å². The fourth-order valence-corrected chi connectivity index (χ4v) is 2.84. The SMILES string of the molecule is COc1cccc(-c2ncn3c(SC)nc(Cl)cc23)c1. The molecule has 102 valence electrons. The quantitative estimate of drug-likeness (QED) is 0.419. The van der Waals surface area contributed by atoms with Crippen LogP contribution in [0.15, 0.2) is 41.8 Å². The summed E-state index contributed by atoms with van der Waals surface area (Å²) >= 11 is 7.62. The molecule has 0 unspecified atom stereocenters. The molecular formula is C14H12ClN3OS. The highest BCUT2D eigenvalue weighted by Crippen LogP contribution is 2.29. The first-order valence-electron chi connectivity index (χ1n) is 5.95. The Morgan fingerprint density at radius 3 is 2.90 bits per heavy atom. The lowest BCUT2D eigenvalue weighted by Crippen LogP contribution is -1.93. The maximum Gasteiger partial charge on any atom is 0.175 e. The van der Waals surface area contributed by atoms with Crippen LogP contribution < -0.4 is 4.74 Å². The molecule has 1 aromatic carbocycles. The van der Waals surface area contributed by atoms with Gasteiger partial charge in [0.1, 0.15) is 17.2 Å². The van der Waals surface area contributed by atoms with Crippen molar-refractivity contribution in [3.05, 3.63) is 41.8 Å². The Labute approximate surface area is 125 Å². The van der Waals surface area contributed by atoms with Crippen LogP contribution in [0.3, 0.4) is 0 Å². The predicted molar refractivity (Wildman–Crippen MR) is 81.8 cm³/mol. The third-order valence-electron chi connectivity index (χ3n) is 2.99. The molecule has 2 heterocycles. The summed E-state index contributed by atoms with van der Waals surface area (Å²) in [6.45, 7) is 0. The van der Waals surface area contributed by atoms with Crippen molar-refractivity contribution in [2.45, 2.75) is 5.16 Å². The first-order valence-corrected chi connectivity index (χ1v) is 7.55. The number of hydrogen-bond donors (Lipinski definition) is 0. The summed E-state index contributed by atoms with van der Waals surface area (Å²) in [6.07, 6.45) is 3.72. The Morgan fingerprint density at radius 1 is 1.30 bits per heavy atom.